The predicted octanol–water partition coefficient (Wildman–Crippen LogP) is 8.12. The largest absolute Gasteiger partial charge is 0.456 e. The number of allylic oxidation sites excluding steroid dienone is 2. The van der Waals surface area contributed by atoms with Crippen LogP contribution in [0.4, 0.5) is 11.4 Å². The normalized spacial score (nSPS) is 18.6. The van der Waals surface area contributed by atoms with Crippen LogP contribution in [0.5, 0.6) is 0 Å². The summed E-state index contributed by atoms with van der Waals surface area (Å²) in [5.41, 5.74) is 8.02. The maximum absolute atomic E-state index is 6.34. The smallest absolute Gasteiger partial charge is 0.227 e. The highest BCUT2D eigenvalue weighted by Crippen LogP contribution is 2.47. The fraction of sp³-hybridized carbons (Fsp3) is 0.0645. The number of hydrogen-bond acceptors (Lipinski definition) is 4. The second-order valence-electron chi connectivity index (χ2n) is 9.17. The van der Waals surface area contributed by atoms with Crippen molar-refractivity contribution in [3.8, 4) is 11.5 Å². The number of para-hydroxylation sites is 2. The first-order valence-electron chi connectivity index (χ1n) is 11.9. The monoisotopic (exact) mass is 452 g/mol. The third kappa shape index (κ3) is 2.65. The molecule has 2 unspecified atom stereocenters. The Bertz CT molecular complexity index is 1820. The van der Waals surface area contributed by atoms with Crippen LogP contribution in [-0.2, 0) is 0 Å². The molecule has 166 valence electrons. The van der Waals surface area contributed by atoms with Gasteiger partial charge in [0.05, 0.1) is 11.4 Å². The highest BCUT2D eigenvalue weighted by atomic mass is 16.4. The molecule has 0 radical (unpaired) electrons. The van der Waals surface area contributed by atoms with Gasteiger partial charge in [-0.05, 0) is 54.1 Å². The fourth-order valence-electron chi connectivity index (χ4n) is 5.67. The maximum atomic E-state index is 6.34. The zero-order chi connectivity index (χ0) is 22.9. The van der Waals surface area contributed by atoms with Crippen molar-refractivity contribution in [1.82, 2.24) is 4.98 Å². The zero-order valence-corrected chi connectivity index (χ0v) is 18.8. The zero-order valence-electron chi connectivity index (χ0n) is 18.8. The van der Waals surface area contributed by atoms with Crippen molar-refractivity contribution < 1.29 is 8.83 Å². The van der Waals surface area contributed by atoms with Gasteiger partial charge in [0.1, 0.15) is 16.7 Å². The third-order valence-electron chi connectivity index (χ3n) is 7.25. The van der Waals surface area contributed by atoms with Crippen molar-refractivity contribution in [2.45, 2.75) is 12.0 Å². The standard InChI is InChI=1S/C31H20N2O2/c1-4-10-25-21(7-1)22-8-2-5-11-26(22)33(25)20-15-13-19(14-16-20)31-32-24-17-18-28-29(30(24)35-31)23-9-3-6-12-27(23)34-28/h1-18,21,25H. The molecule has 4 aromatic carbocycles. The molecule has 3 heterocycles. The average molecular weight is 453 g/mol. The van der Waals surface area contributed by atoms with E-state index in [4.69, 9.17) is 13.8 Å². The molecule has 2 aromatic heterocycles. The van der Waals surface area contributed by atoms with Crippen LogP contribution in [0.15, 0.2) is 118 Å². The van der Waals surface area contributed by atoms with E-state index in [2.05, 4.69) is 83.8 Å². The number of aromatic nitrogens is 1. The van der Waals surface area contributed by atoms with E-state index >= 15 is 0 Å². The van der Waals surface area contributed by atoms with E-state index in [1.165, 1.54) is 11.3 Å². The van der Waals surface area contributed by atoms with Gasteiger partial charge in [0, 0.05) is 28.2 Å². The summed E-state index contributed by atoms with van der Waals surface area (Å²) in [7, 11) is 0. The second kappa shape index (κ2) is 6.97. The molecule has 1 aliphatic heterocycles. The summed E-state index contributed by atoms with van der Waals surface area (Å²) < 4.78 is 12.4. The second-order valence-corrected chi connectivity index (χ2v) is 9.17. The number of anilines is 2. The Hall–Kier alpha value is -4.57. The average Bonchev–Trinajstić information content (AvgIpc) is 3.60. The lowest BCUT2D eigenvalue weighted by atomic mass is 9.91. The van der Waals surface area contributed by atoms with E-state index in [0.29, 0.717) is 11.8 Å². The van der Waals surface area contributed by atoms with Crippen molar-refractivity contribution >= 4 is 44.4 Å². The summed E-state index contributed by atoms with van der Waals surface area (Å²) in [6.45, 7) is 0. The summed E-state index contributed by atoms with van der Waals surface area (Å²) >= 11 is 0. The number of rotatable bonds is 2. The first-order valence-corrected chi connectivity index (χ1v) is 11.9. The molecular weight excluding hydrogens is 432 g/mol. The van der Waals surface area contributed by atoms with Crippen LogP contribution in [0.3, 0.4) is 0 Å². The number of nitrogens with zero attached hydrogens (tertiary/aromatic N) is 2. The minimum atomic E-state index is 0.287. The van der Waals surface area contributed by atoms with Gasteiger partial charge in [0.25, 0.3) is 0 Å². The Morgan fingerprint density at radius 2 is 1.54 bits per heavy atom. The molecule has 0 bridgehead atoms. The Morgan fingerprint density at radius 3 is 2.49 bits per heavy atom. The molecule has 0 amide bonds. The van der Waals surface area contributed by atoms with Crippen LogP contribution in [0.1, 0.15) is 11.5 Å². The van der Waals surface area contributed by atoms with Gasteiger partial charge in [0.15, 0.2) is 5.58 Å². The van der Waals surface area contributed by atoms with Crippen molar-refractivity contribution in [1.29, 1.82) is 0 Å². The number of benzene rings is 4. The molecule has 1 aliphatic carbocycles. The molecule has 2 aliphatic rings. The summed E-state index contributed by atoms with van der Waals surface area (Å²) in [5, 5.41) is 2.02. The van der Waals surface area contributed by atoms with Crippen LogP contribution in [-0.4, -0.2) is 11.0 Å². The molecule has 35 heavy (non-hydrogen) atoms. The minimum absolute atomic E-state index is 0.287. The van der Waals surface area contributed by atoms with Crippen molar-refractivity contribution in [3.63, 3.8) is 0 Å². The van der Waals surface area contributed by atoms with Crippen LogP contribution < -0.4 is 4.90 Å². The lowest BCUT2D eigenvalue weighted by Crippen LogP contribution is -2.28. The SMILES string of the molecule is C1=CC2c3ccccc3N(c3ccc(-c4nc5ccc6oc7ccccc7c6c5o4)cc3)C2C=C1. The van der Waals surface area contributed by atoms with Crippen LogP contribution in [0.2, 0.25) is 0 Å². The van der Waals surface area contributed by atoms with Gasteiger partial charge >= 0.3 is 0 Å². The highest BCUT2D eigenvalue weighted by Gasteiger charge is 2.36. The molecule has 0 spiro atoms. The molecule has 0 saturated carbocycles. The molecule has 4 heteroatoms. The first kappa shape index (κ1) is 18.8. The van der Waals surface area contributed by atoms with Crippen molar-refractivity contribution in [2.75, 3.05) is 4.90 Å². The van der Waals surface area contributed by atoms with E-state index in [9.17, 15) is 0 Å². The first-order chi connectivity index (χ1) is 17.3. The Morgan fingerprint density at radius 1 is 0.714 bits per heavy atom. The van der Waals surface area contributed by atoms with Gasteiger partial charge in [0.2, 0.25) is 5.89 Å². The maximum Gasteiger partial charge on any atom is 0.227 e. The minimum Gasteiger partial charge on any atom is -0.456 e. The van der Waals surface area contributed by atoms with Gasteiger partial charge in [-0.2, -0.15) is 0 Å². The molecule has 4 nitrogen and oxygen atoms in total. The molecular formula is C31H20N2O2. The van der Waals surface area contributed by atoms with E-state index in [1.807, 2.05) is 30.3 Å². The summed E-state index contributed by atoms with van der Waals surface area (Å²) in [6, 6.07) is 29.5. The molecule has 0 saturated heterocycles. The Kier molecular flexibility index (Phi) is 3.74. The number of fused-ring (bicyclic) bond motifs is 8. The molecule has 0 N–H and O–H groups in total. The third-order valence-corrected chi connectivity index (χ3v) is 7.25. The highest BCUT2D eigenvalue weighted by molar-refractivity contribution is 6.16. The quantitative estimate of drug-likeness (QED) is 0.266. The van der Waals surface area contributed by atoms with Gasteiger partial charge in [-0.25, -0.2) is 4.98 Å². The van der Waals surface area contributed by atoms with Gasteiger partial charge < -0.3 is 13.7 Å². The topological polar surface area (TPSA) is 42.4 Å². The summed E-state index contributed by atoms with van der Waals surface area (Å²) in [6.07, 6.45) is 8.89. The predicted molar refractivity (Wildman–Crippen MR) is 140 cm³/mol. The van der Waals surface area contributed by atoms with Gasteiger partial charge in [-0.3, -0.25) is 0 Å². The Labute approximate surface area is 201 Å². The molecule has 8 rings (SSSR count). The Balaban J connectivity index is 1.22. The van der Waals surface area contributed by atoms with Crippen LogP contribution in [0, 0.1) is 0 Å². The van der Waals surface area contributed by atoms with Crippen LogP contribution >= 0.6 is 0 Å². The van der Waals surface area contributed by atoms with Gasteiger partial charge in [-0.1, -0.05) is 60.7 Å². The molecule has 6 aromatic rings. The van der Waals surface area contributed by atoms with E-state index in [-0.39, 0.29) is 6.04 Å². The van der Waals surface area contributed by atoms with E-state index < -0.39 is 0 Å². The fourth-order valence-corrected chi connectivity index (χ4v) is 5.67. The molecule has 0 fully saturated rings. The van der Waals surface area contributed by atoms with Crippen LogP contribution in [0.25, 0.3) is 44.5 Å². The van der Waals surface area contributed by atoms with Gasteiger partial charge in [-0.15, -0.1) is 0 Å². The van der Waals surface area contributed by atoms with E-state index in [0.717, 1.165) is 44.3 Å². The number of hydrogen-bond donors (Lipinski definition) is 0. The lowest BCUT2D eigenvalue weighted by molar-refractivity contribution is 0.622. The van der Waals surface area contributed by atoms with E-state index in [1.54, 1.807) is 0 Å². The lowest BCUT2D eigenvalue weighted by Gasteiger charge is -2.28. The van der Waals surface area contributed by atoms with Crippen molar-refractivity contribution in [2.24, 2.45) is 0 Å². The number of furan rings is 1. The number of oxazole rings is 1. The summed E-state index contributed by atoms with van der Waals surface area (Å²) in [4.78, 5) is 7.23. The van der Waals surface area contributed by atoms with Crippen molar-refractivity contribution in [3.05, 3.63) is 115 Å². The molecule has 2 atom stereocenters. The summed E-state index contributed by atoms with van der Waals surface area (Å²) in [5.74, 6) is 0.990.